The van der Waals surface area contributed by atoms with Crippen molar-refractivity contribution in [1.82, 2.24) is 25.9 Å². The molecular formula is C33H50N6O10S. The number of aromatic nitrogens is 2. The maximum Gasteiger partial charge on any atom is 0.312 e. The lowest BCUT2D eigenvalue weighted by molar-refractivity contribution is -0.136. The van der Waals surface area contributed by atoms with Gasteiger partial charge in [-0.3, -0.25) is 19.2 Å². The van der Waals surface area contributed by atoms with Crippen LogP contribution in [0.25, 0.3) is 10.9 Å². The van der Waals surface area contributed by atoms with Crippen molar-refractivity contribution >= 4 is 50.2 Å². The van der Waals surface area contributed by atoms with Gasteiger partial charge >= 0.3 is 6.03 Å². The molecule has 0 bridgehead atoms. The highest BCUT2D eigenvalue weighted by Crippen LogP contribution is 2.21. The highest BCUT2D eigenvalue weighted by molar-refractivity contribution is 7.90. The number of urea groups is 1. The number of nitrogens with zero attached hydrogens (tertiary/aromatic N) is 2. The SMILES string of the molecule is CC(C)[C@H](NC(=O)COCCOCCOCC(=O)Cc1ccc2ncnc(S(C)(=O)=O)c2c1)C(=O)N[C@@H](CCCNC(N)=O)C(=O)C(C)(C)C. The number of Topliss-reactive ketones (excluding diaryl/α,β-unsaturated/α-hetero) is 2. The average molecular weight is 723 g/mol. The first-order chi connectivity index (χ1) is 23.4. The Hall–Kier alpha value is -4.06. The molecule has 0 aliphatic heterocycles. The van der Waals surface area contributed by atoms with Crippen LogP contribution in [-0.4, -0.2) is 112 Å². The molecule has 5 N–H and O–H groups in total. The van der Waals surface area contributed by atoms with Crippen molar-refractivity contribution in [3.8, 4) is 0 Å². The van der Waals surface area contributed by atoms with E-state index in [1.165, 1.54) is 6.33 Å². The molecular weight excluding hydrogens is 672 g/mol. The number of carbonyl (C=O) groups is 5. The summed E-state index contributed by atoms with van der Waals surface area (Å²) in [4.78, 5) is 70.0. The molecule has 0 saturated carbocycles. The number of ketones is 2. The molecule has 0 saturated heterocycles. The molecule has 1 aromatic heterocycles. The van der Waals surface area contributed by atoms with Crippen molar-refractivity contribution in [1.29, 1.82) is 0 Å². The monoisotopic (exact) mass is 722 g/mol. The normalized spacial score (nSPS) is 13.1. The number of rotatable bonds is 22. The minimum absolute atomic E-state index is 0.0376. The summed E-state index contributed by atoms with van der Waals surface area (Å²) in [6, 6.07) is 2.52. The number of nitrogens with two attached hydrogens (primary N) is 1. The minimum atomic E-state index is -3.57. The number of carbonyl (C=O) groups excluding carboxylic acids is 5. The number of sulfone groups is 1. The lowest BCUT2D eigenvalue weighted by Crippen LogP contribution is -2.55. The number of primary amides is 1. The van der Waals surface area contributed by atoms with Gasteiger partial charge in [-0.05, 0) is 36.5 Å². The maximum atomic E-state index is 13.1. The van der Waals surface area contributed by atoms with Crippen LogP contribution in [0.4, 0.5) is 4.79 Å². The smallest absolute Gasteiger partial charge is 0.312 e. The van der Waals surface area contributed by atoms with E-state index >= 15 is 0 Å². The van der Waals surface area contributed by atoms with Crippen molar-refractivity contribution in [3.63, 3.8) is 0 Å². The maximum absolute atomic E-state index is 13.1. The first-order valence-corrected chi connectivity index (χ1v) is 18.1. The molecule has 2 rings (SSSR count). The van der Waals surface area contributed by atoms with Gasteiger partial charge in [0.2, 0.25) is 11.8 Å². The summed E-state index contributed by atoms with van der Waals surface area (Å²) < 4.78 is 40.3. The molecule has 1 heterocycles. The van der Waals surface area contributed by atoms with Gasteiger partial charge < -0.3 is 35.9 Å². The van der Waals surface area contributed by atoms with E-state index in [1.54, 1.807) is 52.8 Å². The van der Waals surface area contributed by atoms with Crippen LogP contribution < -0.4 is 21.7 Å². The highest BCUT2D eigenvalue weighted by atomic mass is 32.2. The van der Waals surface area contributed by atoms with Gasteiger partial charge in [-0.25, -0.2) is 23.2 Å². The van der Waals surface area contributed by atoms with Crippen LogP contribution in [0.1, 0.15) is 53.0 Å². The van der Waals surface area contributed by atoms with Crippen LogP contribution in [0, 0.1) is 11.3 Å². The Bertz CT molecular complexity index is 1590. The van der Waals surface area contributed by atoms with E-state index in [0.717, 1.165) is 6.26 Å². The molecule has 0 fully saturated rings. The van der Waals surface area contributed by atoms with E-state index in [9.17, 15) is 32.4 Å². The fourth-order valence-corrected chi connectivity index (χ4v) is 5.58. The third-order valence-electron chi connectivity index (χ3n) is 7.26. The summed E-state index contributed by atoms with van der Waals surface area (Å²) in [5.41, 5.74) is 5.43. The summed E-state index contributed by atoms with van der Waals surface area (Å²) >= 11 is 0. The minimum Gasteiger partial charge on any atom is -0.377 e. The molecule has 0 radical (unpaired) electrons. The van der Waals surface area contributed by atoms with Crippen LogP contribution in [0.3, 0.4) is 0 Å². The van der Waals surface area contributed by atoms with E-state index < -0.39 is 45.2 Å². The Morgan fingerprint density at radius 1 is 0.920 bits per heavy atom. The number of ether oxygens (including phenoxy) is 3. The van der Waals surface area contributed by atoms with E-state index in [1.807, 2.05) is 0 Å². The van der Waals surface area contributed by atoms with Crippen molar-refractivity contribution in [2.75, 3.05) is 52.4 Å². The van der Waals surface area contributed by atoms with Gasteiger partial charge in [0.05, 0.1) is 38.0 Å². The summed E-state index contributed by atoms with van der Waals surface area (Å²) in [6.45, 7) is 9.11. The molecule has 50 heavy (non-hydrogen) atoms. The van der Waals surface area contributed by atoms with Crippen LogP contribution in [0.15, 0.2) is 29.6 Å². The second kappa shape index (κ2) is 20.0. The second-order valence-electron chi connectivity index (χ2n) is 13.1. The first kappa shape index (κ1) is 42.1. The fourth-order valence-electron chi connectivity index (χ4n) is 4.77. The molecule has 1 aromatic carbocycles. The standard InChI is InChI=1S/C33H50N6O10S/c1-21(2)28(30(43)38-26(29(42)33(3,4)5)8-7-11-35-32(34)44)39-27(41)19-49-15-13-47-12-14-48-18-23(40)16-22-9-10-25-24(17-22)31(37-20-36-25)50(6,45)46/h9-10,17,20-21,26,28H,7-8,11-16,18-19H2,1-6H3,(H,38,43)(H,39,41)(H3,34,35,44)/t26-,28-/m0/s1. The lowest BCUT2D eigenvalue weighted by Gasteiger charge is -2.28. The molecule has 0 spiro atoms. The zero-order valence-corrected chi connectivity index (χ0v) is 30.4. The fraction of sp³-hybridized carbons (Fsp3) is 0.606. The lowest BCUT2D eigenvalue weighted by atomic mass is 9.84. The van der Waals surface area contributed by atoms with Crippen molar-refractivity contribution in [3.05, 3.63) is 30.1 Å². The average Bonchev–Trinajstić information content (AvgIpc) is 3.02. The van der Waals surface area contributed by atoms with Gasteiger partial charge in [-0.15, -0.1) is 0 Å². The Labute approximate surface area is 292 Å². The first-order valence-electron chi connectivity index (χ1n) is 16.3. The third-order valence-corrected chi connectivity index (χ3v) is 8.29. The number of fused-ring (bicyclic) bond motifs is 1. The number of hydrogen-bond donors (Lipinski definition) is 4. The summed E-state index contributed by atoms with van der Waals surface area (Å²) in [5, 5.41) is 8.14. The second-order valence-corrected chi connectivity index (χ2v) is 15.1. The van der Waals surface area contributed by atoms with Crippen LogP contribution >= 0.6 is 0 Å². The molecule has 0 aliphatic rings. The number of amides is 4. The Kier molecular flexibility index (Phi) is 16.8. The van der Waals surface area contributed by atoms with Gasteiger partial charge in [-0.2, -0.15) is 0 Å². The predicted octanol–water partition coefficient (Wildman–Crippen LogP) is 0.884. The Morgan fingerprint density at radius 2 is 1.56 bits per heavy atom. The quantitative estimate of drug-likeness (QED) is 0.0980. The summed E-state index contributed by atoms with van der Waals surface area (Å²) in [6.07, 6.45) is 2.97. The van der Waals surface area contributed by atoms with Gasteiger partial charge in [0.25, 0.3) is 0 Å². The van der Waals surface area contributed by atoms with E-state index in [4.69, 9.17) is 19.9 Å². The zero-order chi connectivity index (χ0) is 37.5. The van der Waals surface area contributed by atoms with Crippen molar-refractivity contribution in [2.45, 2.75) is 71.0 Å². The van der Waals surface area contributed by atoms with Gasteiger partial charge in [0.1, 0.15) is 25.6 Å². The highest BCUT2D eigenvalue weighted by Gasteiger charge is 2.33. The van der Waals surface area contributed by atoms with E-state index in [2.05, 4.69) is 25.9 Å². The van der Waals surface area contributed by atoms with Gasteiger partial charge in [-0.1, -0.05) is 40.7 Å². The van der Waals surface area contributed by atoms with Crippen LogP contribution in [0.5, 0.6) is 0 Å². The molecule has 0 aliphatic carbocycles. The van der Waals surface area contributed by atoms with Crippen LogP contribution in [0.2, 0.25) is 0 Å². The van der Waals surface area contributed by atoms with Crippen molar-refractivity contribution < 1.29 is 46.6 Å². The zero-order valence-electron chi connectivity index (χ0n) is 29.6. The Morgan fingerprint density at radius 3 is 2.16 bits per heavy atom. The molecule has 0 unspecified atom stereocenters. The molecule has 17 heteroatoms. The van der Waals surface area contributed by atoms with Gasteiger partial charge in [0, 0.05) is 30.0 Å². The Balaban J connectivity index is 1.69. The molecule has 4 amide bonds. The molecule has 2 atom stereocenters. The topological polar surface area (TPSA) is 235 Å². The number of benzene rings is 1. The van der Waals surface area contributed by atoms with Crippen LogP contribution in [-0.2, 0) is 49.6 Å². The number of hydrogen-bond acceptors (Lipinski definition) is 12. The molecule has 2 aromatic rings. The van der Waals surface area contributed by atoms with E-state index in [0.29, 0.717) is 22.9 Å². The molecule has 16 nitrogen and oxygen atoms in total. The number of nitrogens with one attached hydrogen (secondary N) is 3. The summed E-state index contributed by atoms with van der Waals surface area (Å²) in [7, 11) is -3.57. The third kappa shape index (κ3) is 14.8. The van der Waals surface area contributed by atoms with E-state index in [-0.39, 0.29) is 81.5 Å². The predicted molar refractivity (Wildman–Crippen MR) is 184 cm³/mol. The summed E-state index contributed by atoms with van der Waals surface area (Å²) in [5.74, 6) is -1.70. The largest absolute Gasteiger partial charge is 0.377 e. The molecule has 278 valence electrons. The van der Waals surface area contributed by atoms with Crippen molar-refractivity contribution in [2.24, 2.45) is 17.1 Å². The van der Waals surface area contributed by atoms with Gasteiger partial charge in [0.15, 0.2) is 26.4 Å².